The maximum atomic E-state index is 12.7. The van der Waals surface area contributed by atoms with Crippen molar-refractivity contribution in [2.24, 2.45) is 0 Å². The summed E-state index contributed by atoms with van der Waals surface area (Å²) in [5, 5.41) is 8.90. The highest BCUT2D eigenvalue weighted by atomic mass is 32.2. The van der Waals surface area contributed by atoms with Crippen LogP contribution in [0.2, 0.25) is 0 Å². The van der Waals surface area contributed by atoms with Crippen LogP contribution in [0, 0.1) is 0 Å². The highest BCUT2D eigenvalue weighted by Crippen LogP contribution is 2.18. The minimum Gasteiger partial charge on any atom is -0.354 e. The SMILES string of the molecule is CC1CC(NC(=O)c2cccc(S(=O)(=O)N3CCNC(=O)C3)c2)CCN1. The molecule has 0 aliphatic carbocycles. The van der Waals surface area contributed by atoms with Gasteiger partial charge in [0.05, 0.1) is 11.4 Å². The second-order valence-electron chi connectivity index (χ2n) is 6.77. The van der Waals surface area contributed by atoms with Gasteiger partial charge in [-0.15, -0.1) is 0 Å². The minimum absolute atomic E-state index is 0.0264. The Bertz CT molecular complexity index is 796. The van der Waals surface area contributed by atoms with Crippen molar-refractivity contribution < 1.29 is 18.0 Å². The Morgan fingerprint density at radius 1 is 1.31 bits per heavy atom. The van der Waals surface area contributed by atoms with Crippen LogP contribution in [-0.4, -0.2) is 62.8 Å². The summed E-state index contributed by atoms with van der Waals surface area (Å²) in [6, 6.07) is 6.39. The third-order valence-corrected chi connectivity index (χ3v) is 6.54. The van der Waals surface area contributed by atoms with Crippen molar-refractivity contribution in [1.82, 2.24) is 20.3 Å². The van der Waals surface area contributed by atoms with Crippen LogP contribution in [0.4, 0.5) is 0 Å². The van der Waals surface area contributed by atoms with Crippen molar-refractivity contribution in [1.29, 1.82) is 0 Å². The van der Waals surface area contributed by atoms with E-state index in [9.17, 15) is 18.0 Å². The Morgan fingerprint density at radius 2 is 2.12 bits per heavy atom. The Morgan fingerprint density at radius 3 is 2.85 bits per heavy atom. The summed E-state index contributed by atoms with van der Waals surface area (Å²) in [7, 11) is -3.81. The summed E-state index contributed by atoms with van der Waals surface area (Å²) in [5.41, 5.74) is 0.304. The van der Waals surface area contributed by atoms with E-state index in [0.717, 1.165) is 23.7 Å². The zero-order chi connectivity index (χ0) is 18.7. The van der Waals surface area contributed by atoms with E-state index in [0.29, 0.717) is 11.6 Å². The molecule has 2 saturated heterocycles. The maximum absolute atomic E-state index is 12.7. The van der Waals surface area contributed by atoms with Crippen LogP contribution < -0.4 is 16.0 Å². The molecule has 142 valence electrons. The fourth-order valence-corrected chi connectivity index (χ4v) is 4.74. The van der Waals surface area contributed by atoms with Gasteiger partial charge in [-0.3, -0.25) is 9.59 Å². The van der Waals surface area contributed by atoms with Crippen LogP contribution in [0.1, 0.15) is 30.1 Å². The van der Waals surface area contributed by atoms with Crippen LogP contribution in [0.5, 0.6) is 0 Å². The van der Waals surface area contributed by atoms with Crippen LogP contribution in [-0.2, 0) is 14.8 Å². The first kappa shape index (κ1) is 18.8. The highest BCUT2D eigenvalue weighted by molar-refractivity contribution is 7.89. The van der Waals surface area contributed by atoms with Crippen molar-refractivity contribution >= 4 is 21.8 Å². The van der Waals surface area contributed by atoms with E-state index in [-0.39, 0.29) is 42.4 Å². The Hall–Kier alpha value is -1.97. The summed E-state index contributed by atoms with van der Waals surface area (Å²) < 4.78 is 26.6. The topological polar surface area (TPSA) is 108 Å². The normalized spacial score (nSPS) is 24.7. The fourth-order valence-electron chi connectivity index (χ4n) is 3.30. The fraction of sp³-hybridized carbons (Fsp3) is 0.529. The van der Waals surface area contributed by atoms with E-state index < -0.39 is 10.0 Å². The molecular weight excluding hydrogens is 356 g/mol. The van der Waals surface area contributed by atoms with Crippen molar-refractivity contribution in [2.45, 2.75) is 36.7 Å². The summed E-state index contributed by atoms with van der Waals surface area (Å²) in [6.45, 7) is 3.22. The molecule has 9 heteroatoms. The molecule has 0 spiro atoms. The molecule has 8 nitrogen and oxygen atoms in total. The zero-order valence-corrected chi connectivity index (χ0v) is 15.5. The van der Waals surface area contributed by atoms with Gasteiger partial charge in [-0.1, -0.05) is 6.07 Å². The van der Waals surface area contributed by atoms with Gasteiger partial charge in [0, 0.05) is 30.7 Å². The first-order valence-corrected chi connectivity index (χ1v) is 10.2. The highest BCUT2D eigenvalue weighted by Gasteiger charge is 2.29. The van der Waals surface area contributed by atoms with Crippen LogP contribution >= 0.6 is 0 Å². The van der Waals surface area contributed by atoms with E-state index in [4.69, 9.17) is 0 Å². The Balaban J connectivity index is 1.75. The van der Waals surface area contributed by atoms with E-state index in [1.54, 1.807) is 12.1 Å². The second kappa shape index (κ2) is 7.73. The smallest absolute Gasteiger partial charge is 0.251 e. The molecule has 26 heavy (non-hydrogen) atoms. The van der Waals surface area contributed by atoms with Gasteiger partial charge in [0.2, 0.25) is 15.9 Å². The molecule has 1 aromatic rings. The molecule has 1 aromatic carbocycles. The molecule has 2 unspecified atom stereocenters. The monoisotopic (exact) mass is 380 g/mol. The average Bonchev–Trinajstić information content (AvgIpc) is 2.62. The summed E-state index contributed by atoms with van der Waals surface area (Å²) >= 11 is 0. The molecule has 0 radical (unpaired) electrons. The predicted molar refractivity (Wildman–Crippen MR) is 96.2 cm³/mol. The van der Waals surface area contributed by atoms with Gasteiger partial charge in [0.1, 0.15) is 0 Å². The van der Waals surface area contributed by atoms with Crippen molar-refractivity contribution in [2.75, 3.05) is 26.2 Å². The third kappa shape index (κ3) is 4.22. The second-order valence-corrected chi connectivity index (χ2v) is 8.70. The van der Waals surface area contributed by atoms with Gasteiger partial charge in [0.15, 0.2) is 0 Å². The van der Waals surface area contributed by atoms with Gasteiger partial charge in [-0.05, 0) is 44.5 Å². The zero-order valence-electron chi connectivity index (χ0n) is 14.7. The quantitative estimate of drug-likeness (QED) is 0.663. The largest absolute Gasteiger partial charge is 0.354 e. The molecule has 0 bridgehead atoms. The Kier molecular flexibility index (Phi) is 5.59. The number of nitrogens with one attached hydrogen (secondary N) is 3. The molecule has 0 saturated carbocycles. The summed E-state index contributed by atoms with van der Waals surface area (Å²) in [5.74, 6) is -0.605. The summed E-state index contributed by atoms with van der Waals surface area (Å²) in [6.07, 6.45) is 1.68. The van der Waals surface area contributed by atoms with Gasteiger partial charge in [0.25, 0.3) is 5.91 Å². The number of piperazine rings is 1. The number of carbonyl (C=O) groups excluding carboxylic acids is 2. The molecule has 0 aromatic heterocycles. The lowest BCUT2D eigenvalue weighted by Gasteiger charge is -2.28. The number of nitrogens with zero attached hydrogens (tertiary/aromatic N) is 1. The number of piperidine rings is 1. The minimum atomic E-state index is -3.81. The van der Waals surface area contributed by atoms with E-state index in [1.165, 1.54) is 12.1 Å². The van der Waals surface area contributed by atoms with E-state index in [2.05, 4.69) is 22.9 Å². The van der Waals surface area contributed by atoms with Gasteiger partial charge >= 0.3 is 0 Å². The van der Waals surface area contributed by atoms with Crippen LogP contribution in [0.3, 0.4) is 0 Å². The molecule has 2 amide bonds. The number of sulfonamides is 1. The predicted octanol–water partition coefficient (Wildman–Crippen LogP) is -0.323. The lowest BCUT2D eigenvalue weighted by atomic mass is 10.0. The Labute approximate surface area is 153 Å². The number of benzene rings is 1. The number of rotatable bonds is 4. The van der Waals surface area contributed by atoms with E-state index in [1.807, 2.05) is 0 Å². The lowest BCUT2D eigenvalue weighted by molar-refractivity contribution is -0.122. The first-order chi connectivity index (χ1) is 12.4. The molecule has 2 heterocycles. The standard InChI is InChI=1S/C17H24N4O4S/c1-12-9-14(5-6-18-12)20-17(23)13-3-2-4-15(10-13)26(24,25)21-8-7-19-16(22)11-21/h2-4,10,12,14,18H,5-9,11H2,1H3,(H,19,22)(H,20,23). The maximum Gasteiger partial charge on any atom is 0.251 e. The molecule has 2 aliphatic heterocycles. The first-order valence-electron chi connectivity index (χ1n) is 8.77. The number of hydrogen-bond donors (Lipinski definition) is 3. The van der Waals surface area contributed by atoms with Crippen molar-refractivity contribution in [3.8, 4) is 0 Å². The van der Waals surface area contributed by atoms with Crippen LogP contribution in [0.15, 0.2) is 29.2 Å². The average molecular weight is 380 g/mol. The number of hydrogen-bond acceptors (Lipinski definition) is 5. The number of carbonyl (C=O) groups is 2. The molecule has 2 fully saturated rings. The van der Waals surface area contributed by atoms with Crippen LogP contribution in [0.25, 0.3) is 0 Å². The van der Waals surface area contributed by atoms with Gasteiger partial charge < -0.3 is 16.0 Å². The summed E-state index contributed by atoms with van der Waals surface area (Å²) in [4.78, 5) is 24.0. The third-order valence-electron chi connectivity index (χ3n) is 4.70. The van der Waals surface area contributed by atoms with Gasteiger partial charge in [-0.25, -0.2) is 8.42 Å². The lowest BCUT2D eigenvalue weighted by Crippen LogP contribution is -2.49. The van der Waals surface area contributed by atoms with Crippen molar-refractivity contribution in [3.05, 3.63) is 29.8 Å². The molecule has 3 N–H and O–H groups in total. The van der Waals surface area contributed by atoms with E-state index >= 15 is 0 Å². The molecule has 2 aliphatic rings. The van der Waals surface area contributed by atoms with Gasteiger partial charge in [-0.2, -0.15) is 4.31 Å². The van der Waals surface area contributed by atoms with Crippen molar-refractivity contribution in [3.63, 3.8) is 0 Å². The molecule has 2 atom stereocenters. The molecular formula is C17H24N4O4S. The number of amides is 2. The molecule has 3 rings (SSSR count).